The molecule has 0 bridgehead atoms. The first-order valence-electron chi connectivity index (χ1n) is 6.90. The Hall–Kier alpha value is -3.05. The molecular weight excluding hydrogens is 365 g/mol. The maximum absolute atomic E-state index is 12.5. The number of carboxylic acids is 1. The summed E-state index contributed by atoms with van der Waals surface area (Å²) in [5.41, 5.74) is -3.72. The summed E-state index contributed by atoms with van der Waals surface area (Å²) in [6.45, 7) is 4.50. The zero-order valence-corrected chi connectivity index (χ0v) is 14.1. The molecule has 12 heteroatoms. The number of alkyl halides is 3. The van der Waals surface area contributed by atoms with Crippen LogP contribution < -0.4 is 9.64 Å². The fourth-order valence-corrected chi connectivity index (χ4v) is 1.79. The maximum atomic E-state index is 12.5. The highest BCUT2D eigenvalue weighted by Gasteiger charge is 2.38. The lowest BCUT2D eigenvalue weighted by atomic mass is 10.1. The highest BCUT2D eigenvalue weighted by Crippen LogP contribution is 2.41. The van der Waals surface area contributed by atoms with Crippen LogP contribution >= 0.6 is 0 Å². The van der Waals surface area contributed by atoms with E-state index in [1.807, 2.05) is 0 Å². The van der Waals surface area contributed by atoms with Crippen molar-refractivity contribution in [1.29, 1.82) is 0 Å². The molecule has 0 aromatic heterocycles. The van der Waals surface area contributed by atoms with Gasteiger partial charge >= 0.3 is 24.1 Å². The first kappa shape index (κ1) is 21.0. The normalized spacial score (nSPS) is 11.7. The largest absolute Gasteiger partial charge is 0.573 e. The van der Waals surface area contributed by atoms with Gasteiger partial charge in [-0.3, -0.25) is 15.0 Å². The Kier molecular flexibility index (Phi) is 5.70. The van der Waals surface area contributed by atoms with Crippen LogP contribution in [-0.2, 0) is 4.74 Å². The molecule has 0 aliphatic carbocycles. The first-order chi connectivity index (χ1) is 11.6. The summed E-state index contributed by atoms with van der Waals surface area (Å²) in [6.07, 6.45) is -6.45. The van der Waals surface area contributed by atoms with Crippen molar-refractivity contribution in [2.75, 3.05) is 11.9 Å². The number of nitro benzene ring substituents is 1. The van der Waals surface area contributed by atoms with Gasteiger partial charge in [0.2, 0.25) is 5.75 Å². The molecule has 1 aromatic carbocycles. The Balaban J connectivity index is 3.59. The fourth-order valence-electron chi connectivity index (χ4n) is 1.79. The van der Waals surface area contributed by atoms with Crippen LogP contribution in [0.2, 0.25) is 0 Å². The molecule has 0 fully saturated rings. The minimum atomic E-state index is -5.32. The molecule has 26 heavy (non-hydrogen) atoms. The number of nitrogens with zero attached hydrogens (tertiary/aromatic N) is 2. The second-order valence-electron chi connectivity index (χ2n) is 5.99. The number of benzene rings is 1. The van der Waals surface area contributed by atoms with Crippen LogP contribution in [0.5, 0.6) is 5.75 Å². The standard InChI is InChI=1S/C14H15F3N2O7/c1-13(2,3)26-12(22)18(4)8-5-7(11(20)21)6-9(10(8)19(23)24)25-14(15,16)17/h5-6H,1-4H3,(H,20,21). The van der Waals surface area contributed by atoms with Gasteiger partial charge < -0.3 is 14.6 Å². The molecule has 1 rings (SSSR count). The van der Waals surface area contributed by atoms with Gasteiger partial charge in [0, 0.05) is 13.1 Å². The van der Waals surface area contributed by atoms with Crippen molar-refractivity contribution in [3.63, 3.8) is 0 Å². The van der Waals surface area contributed by atoms with Crippen molar-refractivity contribution < 1.29 is 42.3 Å². The predicted molar refractivity (Wildman–Crippen MR) is 81.4 cm³/mol. The van der Waals surface area contributed by atoms with Crippen molar-refractivity contribution >= 4 is 23.4 Å². The van der Waals surface area contributed by atoms with Crippen molar-refractivity contribution in [3.05, 3.63) is 27.8 Å². The lowest BCUT2D eigenvalue weighted by molar-refractivity contribution is -0.387. The Morgan fingerprint density at radius 2 is 1.77 bits per heavy atom. The van der Waals surface area contributed by atoms with E-state index in [1.54, 1.807) is 0 Å². The van der Waals surface area contributed by atoms with E-state index in [2.05, 4.69) is 4.74 Å². The van der Waals surface area contributed by atoms with Gasteiger partial charge in [0.25, 0.3) is 0 Å². The second kappa shape index (κ2) is 7.06. The van der Waals surface area contributed by atoms with Gasteiger partial charge in [-0.25, -0.2) is 9.59 Å². The van der Waals surface area contributed by atoms with Gasteiger partial charge in [0.1, 0.15) is 11.3 Å². The van der Waals surface area contributed by atoms with E-state index in [4.69, 9.17) is 9.84 Å². The number of halogens is 3. The molecule has 0 radical (unpaired) electrons. The maximum Gasteiger partial charge on any atom is 0.573 e. The van der Waals surface area contributed by atoms with Gasteiger partial charge in [0.15, 0.2) is 0 Å². The topological polar surface area (TPSA) is 119 Å². The smallest absolute Gasteiger partial charge is 0.478 e. The molecule has 9 nitrogen and oxygen atoms in total. The number of amides is 1. The molecule has 1 aromatic rings. The Morgan fingerprint density at radius 3 is 2.15 bits per heavy atom. The molecular formula is C14H15F3N2O7. The number of carboxylic acid groups (broad SMARTS) is 1. The van der Waals surface area contributed by atoms with Crippen LogP contribution in [0.3, 0.4) is 0 Å². The van der Waals surface area contributed by atoms with E-state index in [1.165, 1.54) is 20.8 Å². The lowest BCUT2D eigenvalue weighted by Gasteiger charge is -2.25. The van der Waals surface area contributed by atoms with Gasteiger partial charge in [-0.2, -0.15) is 0 Å². The number of nitro groups is 1. The average Bonchev–Trinajstić information content (AvgIpc) is 2.41. The zero-order valence-electron chi connectivity index (χ0n) is 14.1. The van der Waals surface area contributed by atoms with Gasteiger partial charge in [-0.1, -0.05) is 0 Å². The Labute approximate surface area is 145 Å². The van der Waals surface area contributed by atoms with Crippen LogP contribution in [0.1, 0.15) is 31.1 Å². The van der Waals surface area contributed by atoms with Crippen LogP contribution in [0.15, 0.2) is 12.1 Å². The van der Waals surface area contributed by atoms with Gasteiger partial charge in [-0.05, 0) is 26.8 Å². The molecule has 0 aliphatic rings. The number of hydrogen-bond donors (Lipinski definition) is 1. The Bertz CT molecular complexity index is 741. The van der Waals surface area contributed by atoms with Crippen molar-refractivity contribution in [2.24, 2.45) is 0 Å². The van der Waals surface area contributed by atoms with E-state index < -0.39 is 51.6 Å². The van der Waals surface area contributed by atoms with Crippen LogP contribution in [0.25, 0.3) is 0 Å². The minimum Gasteiger partial charge on any atom is -0.478 e. The zero-order chi connectivity index (χ0) is 20.4. The Morgan fingerprint density at radius 1 is 1.23 bits per heavy atom. The molecule has 0 saturated heterocycles. The number of anilines is 1. The summed E-state index contributed by atoms with van der Waals surface area (Å²) < 4.78 is 46.2. The van der Waals surface area contributed by atoms with Gasteiger partial charge in [0.05, 0.1) is 10.5 Å². The molecule has 0 spiro atoms. The molecule has 0 saturated carbocycles. The number of carbonyl (C=O) groups is 2. The predicted octanol–water partition coefficient (Wildman–Crippen LogP) is 3.56. The van der Waals surface area contributed by atoms with Gasteiger partial charge in [-0.15, -0.1) is 13.2 Å². The minimum absolute atomic E-state index is 0.348. The van der Waals surface area contributed by atoms with E-state index in [0.29, 0.717) is 17.0 Å². The van der Waals surface area contributed by atoms with Crippen LogP contribution in [0.4, 0.5) is 29.3 Å². The van der Waals surface area contributed by atoms with Crippen molar-refractivity contribution in [3.8, 4) is 5.75 Å². The molecule has 0 atom stereocenters. The number of ether oxygens (including phenoxy) is 2. The summed E-state index contributed by atoms with van der Waals surface area (Å²) in [6, 6.07) is 1.02. The molecule has 1 amide bonds. The number of hydrogen-bond acceptors (Lipinski definition) is 6. The number of aromatic carboxylic acids is 1. The number of rotatable bonds is 4. The quantitative estimate of drug-likeness (QED) is 0.626. The molecule has 0 aliphatic heterocycles. The molecule has 1 N–H and O–H groups in total. The van der Waals surface area contributed by atoms with E-state index in [0.717, 1.165) is 7.05 Å². The molecule has 144 valence electrons. The SMILES string of the molecule is CN(C(=O)OC(C)(C)C)c1cc(C(=O)O)cc(OC(F)(F)F)c1[N+](=O)[O-]. The summed E-state index contributed by atoms with van der Waals surface area (Å²) in [4.78, 5) is 33.8. The highest BCUT2D eigenvalue weighted by atomic mass is 19.4. The van der Waals surface area contributed by atoms with Crippen LogP contribution in [-0.4, -0.2) is 41.1 Å². The number of carbonyl (C=O) groups excluding carboxylic acids is 1. The summed E-state index contributed by atoms with van der Waals surface area (Å²) >= 11 is 0. The van der Waals surface area contributed by atoms with Crippen LogP contribution in [0, 0.1) is 10.1 Å². The van der Waals surface area contributed by atoms with E-state index >= 15 is 0 Å². The van der Waals surface area contributed by atoms with E-state index in [9.17, 15) is 32.9 Å². The molecule has 0 heterocycles. The first-order valence-corrected chi connectivity index (χ1v) is 6.90. The lowest BCUT2D eigenvalue weighted by Crippen LogP contribution is -2.34. The third kappa shape index (κ3) is 5.50. The third-order valence-corrected chi connectivity index (χ3v) is 2.74. The summed E-state index contributed by atoms with van der Waals surface area (Å²) in [5.74, 6) is -3.04. The van der Waals surface area contributed by atoms with E-state index in [-0.39, 0.29) is 0 Å². The molecule has 0 unspecified atom stereocenters. The summed E-state index contributed by atoms with van der Waals surface area (Å²) in [7, 11) is 0.986. The fraction of sp³-hybridized carbons (Fsp3) is 0.429. The van der Waals surface area contributed by atoms with Crippen molar-refractivity contribution in [1.82, 2.24) is 0 Å². The average molecular weight is 380 g/mol. The monoisotopic (exact) mass is 380 g/mol. The third-order valence-electron chi connectivity index (χ3n) is 2.74. The van der Waals surface area contributed by atoms with Crippen molar-refractivity contribution in [2.45, 2.75) is 32.7 Å². The summed E-state index contributed by atoms with van der Waals surface area (Å²) in [5, 5.41) is 20.3. The second-order valence-corrected chi connectivity index (χ2v) is 5.99. The highest BCUT2D eigenvalue weighted by molar-refractivity contribution is 5.96.